The molecule has 1 aliphatic carbocycles. The van der Waals surface area contributed by atoms with Crippen LogP contribution in [0.1, 0.15) is 66.2 Å². The lowest BCUT2D eigenvalue weighted by Gasteiger charge is -2.43. The highest BCUT2D eigenvalue weighted by Gasteiger charge is 2.47. The maximum absolute atomic E-state index is 12.3. The molecule has 21 heavy (non-hydrogen) atoms. The molecular weight excluding hydrogens is 258 g/mol. The Morgan fingerprint density at radius 2 is 2.05 bits per heavy atom. The van der Waals surface area contributed by atoms with Crippen LogP contribution in [0.5, 0.6) is 0 Å². The lowest BCUT2D eigenvalue weighted by molar-refractivity contribution is -0.125. The Hall–Kier alpha value is -0.790. The van der Waals surface area contributed by atoms with Crippen molar-refractivity contribution in [3.05, 3.63) is 12.2 Å². The van der Waals surface area contributed by atoms with Crippen molar-refractivity contribution in [1.29, 1.82) is 0 Å². The van der Waals surface area contributed by atoms with Crippen LogP contribution in [-0.4, -0.2) is 23.9 Å². The molecule has 1 amide bonds. The molecule has 2 atom stereocenters. The van der Waals surface area contributed by atoms with Crippen molar-refractivity contribution in [2.45, 2.75) is 66.2 Å². The second-order valence-electron chi connectivity index (χ2n) is 7.90. The van der Waals surface area contributed by atoms with Crippen LogP contribution >= 0.6 is 0 Å². The lowest BCUT2D eigenvalue weighted by Crippen LogP contribution is -2.39. The van der Waals surface area contributed by atoms with Gasteiger partial charge < -0.3 is 4.90 Å². The first kappa shape index (κ1) is 16.6. The standard InChI is InChI=1S/C19H33NO/c1-5-7-16(3)17(4)8-6-9-18(21)20-11-10-19(14-20)12-15(2)13-19/h6,9,15-17H,5,7-8,10-14H2,1-4H3/b9-6+/t15?,16-,17-,19?/m0/s1. The Morgan fingerprint density at radius 3 is 2.67 bits per heavy atom. The summed E-state index contributed by atoms with van der Waals surface area (Å²) in [6.45, 7) is 11.2. The quantitative estimate of drug-likeness (QED) is 0.652. The van der Waals surface area contributed by atoms with Gasteiger partial charge in [0.15, 0.2) is 0 Å². The minimum Gasteiger partial charge on any atom is -0.339 e. The lowest BCUT2D eigenvalue weighted by atomic mass is 9.62. The van der Waals surface area contributed by atoms with E-state index in [1.165, 1.54) is 32.1 Å². The van der Waals surface area contributed by atoms with E-state index >= 15 is 0 Å². The Balaban J connectivity index is 1.73. The number of nitrogens with zero attached hydrogens (tertiary/aromatic N) is 1. The van der Waals surface area contributed by atoms with E-state index in [1.54, 1.807) is 0 Å². The molecule has 1 saturated heterocycles. The molecule has 1 aliphatic heterocycles. The molecule has 0 radical (unpaired) electrons. The molecule has 1 heterocycles. The van der Waals surface area contributed by atoms with Crippen LogP contribution in [0.2, 0.25) is 0 Å². The summed E-state index contributed by atoms with van der Waals surface area (Å²) in [7, 11) is 0. The van der Waals surface area contributed by atoms with E-state index in [0.29, 0.717) is 11.3 Å². The third kappa shape index (κ3) is 4.11. The highest BCUT2D eigenvalue weighted by Crippen LogP contribution is 2.51. The average Bonchev–Trinajstić information content (AvgIpc) is 2.83. The predicted molar refractivity (Wildman–Crippen MR) is 89.0 cm³/mol. The van der Waals surface area contributed by atoms with Gasteiger partial charge in [-0.15, -0.1) is 0 Å². The van der Waals surface area contributed by atoms with Gasteiger partial charge >= 0.3 is 0 Å². The fourth-order valence-corrected chi connectivity index (χ4v) is 4.34. The molecule has 2 nitrogen and oxygen atoms in total. The Kier molecular flexibility index (Phi) is 5.51. The Labute approximate surface area is 131 Å². The predicted octanol–water partition coefficient (Wildman–Crippen LogP) is 4.65. The molecule has 1 spiro atoms. The normalized spacial score (nSPS) is 31.6. The van der Waals surface area contributed by atoms with Gasteiger partial charge in [-0.1, -0.05) is 46.6 Å². The van der Waals surface area contributed by atoms with E-state index in [4.69, 9.17) is 0 Å². The van der Waals surface area contributed by atoms with Crippen LogP contribution in [0.25, 0.3) is 0 Å². The van der Waals surface area contributed by atoms with Crippen molar-refractivity contribution in [2.24, 2.45) is 23.2 Å². The van der Waals surface area contributed by atoms with Crippen molar-refractivity contribution >= 4 is 5.91 Å². The summed E-state index contributed by atoms with van der Waals surface area (Å²) < 4.78 is 0. The minimum atomic E-state index is 0.238. The number of hydrogen-bond acceptors (Lipinski definition) is 1. The SMILES string of the molecule is CCC[C@H](C)[C@@H](C)C/C=C/C(=O)N1CCC2(CC(C)C2)C1. The van der Waals surface area contributed by atoms with Gasteiger partial charge in [-0.25, -0.2) is 0 Å². The fraction of sp³-hybridized carbons (Fsp3) is 0.842. The zero-order valence-corrected chi connectivity index (χ0v) is 14.4. The van der Waals surface area contributed by atoms with Crippen LogP contribution in [0, 0.1) is 23.2 Å². The molecular formula is C19H33NO. The molecule has 0 aromatic rings. The highest BCUT2D eigenvalue weighted by molar-refractivity contribution is 5.87. The second-order valence-corrected chi connectivity index (χ2v) is 7.90. The van der Waals surface area contributed by atoms with Crippen LogP contribution in [-0.2, 0) is 4.79 Å². The van der Waals surface area contributed by atoms with Crippen LogP contribution in [0.3, 0.4) is 0 Å². The largest absolute Gasteiger partial charge is 0.339 e. The van der Waals surface area contributed by atoms with Crippen molar-refractivity contribution in [1.82, 2.24) is 4.90 Å². The minimum absolute atomic E-state index is 0.238. The monoisotopic (exact) mass is 291 g/mol. The first-order valence-electron chi connectivity index (χ1n) is 8.91. The molecule has 0 aromatic heterocycles. The molecule has 120 valence electrons. The van der Waals surface area contributed by atoms with Crippen molar-refractivity contribution in [2.75, 3.05) is 13.1 Å². The van der Waals surface area contributed by atoms with E-state index in [1.807, 2.05) is 6.08 Å². The van der Waals surface area contributed by atoms with Crippen LogP contribution in [0.15, 0.2) is 12.2 Å². The van der Waals surface area contributed by atoms with Gasteiger partial charge in [0, 0.05) is 13.1 Å². The summed E-state index contributed by atoms with van der Waals surface area (Å²) in [6.07, 6.45) is 11.4. The fourth-order valence-electron chi connectivity index (χ4n) is 4.34. The molecule has 0 bridgehead atoms. The highest BCUT2D eigenvalue weighted by atomic mass is 16.2. The van der Waals surface area contributed by atoms with E-state index < -0.39 is 0 Å². The first-order valence-corrected chi connectivity index (χ1v) is 8.91. The van der Waals surface area contributed by atoms with Crippen molar-refractivity contribution in [3.8, 4) is 0 Å². The first-order chi connectivity index (χ1) is 9.96. The smallest absolute Gasteiger partial charge is 0.246 e. The van der Waals surface area contributed by atoms with Gasteiger partial charge in [-0.2, -0.15) is 0 Å². The van der Waals surface area contributed by atoms with Gasteiger partial charge in [0.2, 0.25) is 5.91 Å². The van der Waals surface area contributed by atoms with E-state index in [-0.39, 0.29) is 5.91 Å². The number of carbonyl (C=O) groups excluding carboxylic acids is 1. The third-order valence-electron chi connectivity index (χ3n) is 5.80. The number of hydrogen-bond donors (Lipinski definition) is 0. The van der Waals surface area contributed by atoms with Gasteiger partial charge in [0.25, 0.3) is 0 Å². The number of likely N-dealkylation sites (tertiary alicyclic amines) is 1. The van der Waals surface area contributed by atoms with Gasteiger partial charge in [-0.3, -0.25) is 4.79 Å². The van der Waals surface area contributed by atoms with Gasteiger partial charge in [0.05, 0.1) is 0 Å². The molecule has 2 rings (SSSR count). The van der Waals surface area contributed by atoms with E-state index in [2.05, 4.69) is 38.7 Å². The third-order valence-corrected chi connectivity index (χ3v) is 5.80. The topological polar surface area (TPSA) is 20.3 Å². The van der Waals surface area contributed by atoms with Gasteiger partial charge in [0.1, 0.15) is 0 Å². The van der Waals surface area contributed by atoms with Crippen LogP contribution in [0.4, 0.5) is 0 Å². The van der Waals surface area contributed by atoms with Gasteiger partial charge in [-0.05, 0) is 54.9 Å². The van der Waals surface area contributed by atoms with E-state index in [9.17, 15) is 4.79 Å². The molecule has 0 N–H and O–H groups in total. The summed E-state index contributed by atoms with van der Waals surface area (Å²) in [5, 5.41) is 0. The average molecular weight is 291 g/mol. The van der Waals surface area contributed by atoms with Crippen LogP contribution < -0.4 is 0 Å². The summed E-state index contributed by atoms with van der Waals surface area (Å²) in [5.41, 5.74) is 0.492. The summed E-state index contributed by atoms with van der Waals surface area (Å²) >= 11 is 0. The number of allylic oxidation sites excluding steroid dienone is 1. The summed E-state index contributed by atoms with van der Waals surface area (Å²) in [6, 6.07) is 0. The Morgan fingerprint density at radius 1 is 1.33 bits per heavy atom. The van der Waals surface area contributed by atoms with E-state index in [0.717, 1.165) is 31.3 Å². The molecule has 2 heteroatoms. The summed E-state index contributed by atoms with van der Waals surface area (Å²) in [5.74, 6) is 2.53. The van der Waals surface area contributed by atoms with Crippen molar-refractivity contribution in [3.63, 3.8) is 0 Å². The second kappa shape index (κ2) is 6.98. The molecule has 2 aliphatic rings. The molecule has 2 fully saturated rings. The number of rotatable bonds is 6. The maximum Gasteiger partial charge on any atom is 0.246 e. The number of amides is 1. The molecule has 0 unspecified atom stereocenters. The Bertz CT molecular complexity index is 381. The van der Waals surface area contributed by atoms with Crippen molar-refractivity contribution < 1.29 is 4.79 Å². The number of carbonyl (C=O) groups is 1. The zero-order valence-electron chi connectivity index (χ0n) is 14.4. The maximum atomic E-state index is 12.3. The zero-order chi connectivity index (χ0) is 15.5. The molecule has 1 saturated carbocycles. The molecule has 0 aromatic carbocycles. The summed E-state index contributed by atoms with van der Waals surface area (Å²) in [4.78, 5) is 14.3.